The van der Waals surface area contributed by atoms with Crippen molar-refractivity contribution in [2.75, 3.05) is 32.7 Å². The number of nitrogens with zero attached hydrogens (tertiary/aromatic N) is 3. The normalized spacial score (nSPS) is 16.2. The number of pyridine rings is 1. The Balaban J connectivity index is 1.81. The summed E-state index contributed by atoms with van der Waals surface area (Å²) >= 11 is 0. The van der Waals surface area contributed by atoms with Crippen LogP contribution in [0, 0.1) is 6.92 Å². The number of carbonyl (C=O) groups excluding carboxylic acids is 1. The smallest absolute Gasteiger partial charge is 0.234 e. The summed E-state index contributed by atoms with van der Waals surface area (Å²) in [5.41, 5.74) is 2.16. The van der Waals surface area contributed by atoms with Crippen LogP contribution in [0.2, 0.25) is 0 Å². The van der Waals surface area contributed by atoms with Gasteiger partial charge in [0.2, 0.25) is 5.91 Å². The molecule has 0 saturated carbocycles. The molecule has 0 radical (unpaired) electrons. The lowest BCUT2D eigenvalue weighted by Gasteiger charge is -2.32. The Hall–Kier alpha value is -2.15. The molecule has 2 rings (SSSR count). The van der Waals surface area contributed by atoms with Crippen molar-refractivity contribution in [3.05, 3.63) is 29.6 Å². The number of aromatic nitrogens is 1. The fourth-order valence-corrected chi connectivity index (χ4v) is 3.11. The van der Waals surface area contributed by atoms with Crippen molar-refractivity contribution in [2.45, 2.75) is 52.6 Å². The van der Waals surface area contributed by atoms with E-state index in [1.54, 1.807) is 0 Å². The lowest BCUT2D eigenvalue weighted by molar-refractivity contribution is -0.122. The molecule has 1 aliphatic heterocycles. The van der Waals surface area contributed by atoms with Gasteiger partial charge in [0.15, 0.2) is 5.96 Å². The van der Waals surface area contributed by atoms with Crippen LogP contribution in [-0.4, -0.2) is 60.5 Å². The molecule has 27 heavy (non-hydrogen) atoms. The highest BCUT2D eigenvalue weighted by Crippen LogP contribution is 2.10. The number of amides is 1. The van der Waals surface area contributed by atoms with Gasteiger partial charge in [-0.3, -0.25) is 14.7 Å². The molecular formula is C20H34N6O. The van der Waals surface area contributed by atoms with Gasteiger partial charge in [-0.1, -0.05) is 13.0 Å². The van der Waals surface area contributed by atoms with E-state index in [2.05, 4.69) is 52.7 Å². The fraction of sp³-hybridized carbons (Fsp3) is 0.650. The van der Waals surface area contributed by atoms with Gasteiger partial charge in [0.1, 0.15) is 0 Å². The topological polar surface area (TPSA) is 81.7 Å². The molecule has 1 amide bonds. The number of rotatable bonds is 8. The van der Waals surface area contributed by atoms with Crippen molar-refractivity contribution >= 4 is 11.9 Å². The summed E-state index contributed by atoms with van der Waals surface area (Å²) in [5, 5.41) is 9.80. The minimum absolute atomic E-state index is 0.129. The van der Waals surface area contributed by atoms with E-state index in [4.69, 9.17) is 4.99 Å². The molecule has 0 atom stereocenters. The van der Waals surface area contributed by atoms with Crippen LogP contribution in [0.1, 0.15) is 44.4 Å². The van der Waals surface area contributed by atoms with Crippen LogP contribution in [-0.2, 0) is 11.3 Å². The molecule has 7 nitrogen and oxygen atoms in total. The molecule has 0 unspecified atom stereocenters. The van der Waals surface area contributed by atoms with Crippen molar-refractivity contribution in [1.82, 2.24) is 25.8 Å². The Bertz CT molecular complexity index is 610. The fourth-order valence-electron chi connectivity index (χ4n) is 3.11. The quantitative estimate of drug-likeness (QED) is 0.474. The van der Waals surface area contributed by atoms with Crippen molar-refractivity contribution in [2.24, 2.45) is 4.99 Å². The first-order valence-corrected chi connectivity index (χ1v) is 10.1. The van der Waals surface area contributed by atoms with Crippen molar-refractivity contribution in [1.29, 1.82) is 0 Å². The average Bonchev–Trinajstić information content (AvgIpc) is 2.67. The summed E-state index contributed by atoms with van der Waals surface area (Å²) in [6.45, 7) is 10.7. The molecule has 1 aromatic heterocycles. The molecule has 1 aromatic rings. The number of aryl methyl sites for hydroxylation is 1. The van der Waals surface area contributed by atoms with Gasteiger partial charge in [0, 0.05) is 38.4 Å². The summed E-state index contributed by atoms with van der Waals surface area (Å²) in [6.07, 6.45) is 4.80. The summed E-state index contributed by atoms with van der Waals surface area (Å²) in [7, 11) is 0. The van der Waals surface area contributed by atoms with Gasteiger partial charge in [-0.2, -0.15) is 0 Å². The molecule has 2 heterocycles. The second kappa shape index (κ2) is 11.5. The Kier molecular flexibility index (Phi) is 9.04. The van der Waals surface area contributed by atoms with Gasteiger partial charge < -0.3 is 16.0 Å². The van der Waals surface area contributed by atoms with Crippen LogP contribution in [0.15, 0.2) is 23.3 Å². The monoisotopic (exact) mass is 374 g/mol. The lowest BCUT2D eigenvalue weighted by atomic mass is 10.1. The second-order valence-electron chi connectivity index (χ2n) is 7.01. The third-order valence-corrected chi connectivity index (χ3v) is 4.72. The number of aliphatic imine (C=N–C) groups is 1. The molecule has 150 valence electrons. The molecule has 1 fully saturated rings. The predicted molar refractivity (Wildman–Crippen MR) is 110 cm³/mol. The van der Waals surface area contributed by atoms with Crippen LogP contribution in [0.4, 0.5) is 0 Å². The minimum atomic E-state index is 0.129. The Morgan fingerprint density at radius 2 is 2.07 bits per heavy atom. The van der Waals surface area contributed by atoms with E-state index in [-0.39, 0.29) is 5.91 Å². The Morgan fingerprint density at radius 1 is 1.30 bits per heavy atom. The van der Waals surface area contributed by atoms with Gasteiger partial charge in [-0.15, -0.1) is 0 Å². The number of nitrogens with one attached hydrogen (secondary N) is 3. The van der Waals surface area contributed by atoms with E-state index in [1.165, 1.54) is 0 Å². The van der Waals surface area contributed by atoms with Crippen molar-refractivity contribution in [3.63, 3.8) is 0 Å². The Labute approximate surface area is 163 Å². The van der Waals surface area contributed by atoms with Gasteiger partial charge in [-0.25, -0.2) is 4.99 Å². The van der Waals surface area contributed by atoms with Crippen LogP contribution < -0.4 is 16.0 Å². The average molecular weight is 375 g/mol. The van der Waals surface area contributed by atoms with E-state index >= 15 is 0 Å². The molecule has 7 heteroatoms. The van der Waals surface area contributed by atoms with Gasteiger partial charge in [0.25, 0.3) is 0 Å². The summed E-state index contributed by atoms with van der Waals surface area (Å²) < 4.78 is 0. The highest BCUT2D eigenvalue weighted by molar-refractivity contribution is 5.80. The number of piperidine rings is 1. The third kappa shape index (κ3) is 7.54. The van der Waals surface area contributed by atoms with Crippen LogP contribution in [0.3, 0.4) is 0 Å². The first-order chi connectivity index (χ1) is 13.1. The van der Waals surface area contributed by atoms with Crippen molar-refractivity contribution < 1.29 is 4.79 Å². The molecular weight excluding hydrogens is 340 g/mol. The first-order valence-electron chi connectivity index (χ1n) is 10.1. The number of hydrogen-bond acceptors (Lipinski definition) is 4. The van der Waals surface area contributed by atoms with Crippen LogP contribution >= 0.6 is 0 Å². The second-order valence-corrected chi connectivity index (χ2v) is 7.01. The number of guanidine groups is 1. The maximum Gasteiger partial charge on any atom is 0.234 e. The number of carbonyl (C=O) groups is 1. The summed E-state index contributed by atoms with van der Waals surface area (Å²) in [6, 6.07) is 4.38. The van der Waals surface area contributed by atoms with Gasteiger partial charge >= 0.3 is 0 Å². The molecule has 3 N–H and O–H groups in total. The molecule has 0 spiro atoms. The van der Waals surface area contributed by atoms with Gasteiger partial charge in [-0.05, 0) is 44.7 Å². The molecule has 0 bridgehead atoms. The van der Waals surface area contributed by atoms with E-state index in [9.17, 15) is 4.79 Å². The zero-order valence-electron chi connectivity index (χ0n) is 16.9. The molecule has 1 aliphatic rings. The van der Waals surface area contributed by atoms with Crippen molar-refractivity contribution in [3.8, 4) is 0 Å². The molecule has 0 aliphatic carbocycles. The maximum absolute atomic E-state index is 11.9. The largest absolute Gasteiger partial charge is 0.357 e. The standard InChI is InChI=1S/C20H34N6O/c1-4-10-23-19(27)15-26-12-8-17(9-13-26)25-20(21-5-2)24-14-18-16(3)7-6-11-22-18/h6-7,11,17H,4-5,8-10,12-15H2,1-3H3,(H,23,27)(H2,21,24,25). The zero-order valence-corrected chi connectivity index (χ0v) is 16.9. The van der Waals surface area contributed by atoms with Crippen LogP contribution in [0.5, 0.6) is 0 Å². The first kappa shape index (κ1) is 21.2. The Morgan fingerprint density at radius 3 is 2.74 bits per heavy atom. The lowest BCUT2D eigenvalue weighted by Crippen LogP contribution is -2.50. The summed E-state index contributed by atoms with van der Waals surface area (Å²) in [4.78, 5) is 23.2. The highest BCUT2D eigenvalue weighted by atomic mass is 16.2. The van der Waals surface area contributed by atoms with E-state index < -0.39 is 0 Å². The van der Waals surface area contributed by atoms with Crippen LogP contribution in [0.25, 0.3) is 0 Å². The predicted octanol–water partition coefficient (Wildman–Crippen LogP) is 1.44. The molecule has 1 saturated heterocycles. The number of likely N-dealkylation sites (tertiary alicyclic amines) is 1. The van der Waals surface area contributed by atoms with Gasteiger partial charge in [0.05, 0.1) is 18.8 Å². The van der Waals surface area contributed by atoms with E-state index in [0.29, 0.717) is 19.1 Å². The third-order valence-electron chi connectivity index (χ3n) is 4.72. The zero-order chi connectivity index (χ0) is 19.5. The highest BCUT2D eigenvalue weighted by Gasteiger charge is 2.21. The molecule has 0 aromatic carbocycles. The number of hydrogen-bond donors (Lipinski definition) is 3. The minimum Gasteiger partial charge on any atom is -0.357 e. The SMILES string of the molecule is CCCNC(=O)CN1CCC(NC(=NCc2ncccc2C)NCC)CC1. The van der Waals surface area contributed by atoms with E-state index in [0.717, 1.165) is 62.7 Å². The van der Waals surface area contributed by atoms with E-state index in [1.807, 2.05) is 12.3 Å². The summed E-state index contributed by atoms with van der Waals surface area (Å²) in [5.74, 6) is 0.964. The maximum atomic E-state index is 11.9.